The van der Waals surface area contributed by atoms with Gasteiger partial charge in [0.1, 0.15) is 0 Å². The van der Waals surface area contributed by atoms with Gasteiger partial charge in [-0.15, -0.1) is 0 Å². The number of anilines is 1. The molecule has 0 heterocycles. The molecule has 1 atom stereocenters. The molecule has 4 nitrogen and oxygen atoms in total. The first-order valence-corrected chi connectivity index (χ1v) is 6.30. The van der Waals surface area contributed by atoms with Crippen LogP contribution in [0.25, 0.3) is 0 Å². The zero-order chi connectivity index (χ0) is 13.5. The van der Waals surface area contributed by atoms with Gasteiger partial charge in [0.2, 0.25) is 0 Å². The topological polar surface area (TPSA) is 70.6 Å². The molecule has 0 saturated carbocycles. The molecule has 0 aliphatic carbocycles. The molecule has 100 valence electrons. The Balaban J connectivity index is 2.64. The highest BCUT2D eigenvalue weighted by molar-refractivity contribution is 5.92. The van der Waals surface area contributed by atoms with Gasteiger partial charge in [-0.2, -0.15) is 0 Å². The van der Waals surface area contributed by atoms with Crippen molar-refractivity contribution in [3.8, 4) is 0 Å². The van der Waals surface area contributed by atoms with Gasteiger partial charge >= 0.3 is 0 Å². The van der Waals surface area contributed by atoms with E-state index >= 15 is 0 Å². The highest BCUT2D eigenvalue weighted by Crippen LogP contribution is 2.18. The van der Waals surface area contributed by atoms with Crippen LogP contribution in [0.1, 0.15) is 32.3 Å². The fourth-order valence-electron chi connectivity index (χ4n) is 1.47. The van der Waals surface area contributed by atoms with Crippen molar-refractivity contribution in [1.29, 1.82) is 0 Å². The maximum Gasteiger partial charge on any atom is 0.193 e. The third-order valence-corrected chi connectivity index (χ3v) is 2.71. The molecule has 0 saturated heterocycles. The molecule has 0 spiro atoms. The Bertz CT molecular complexity index is 402. The van der Waals surface area contributed by atoms with E-state index in [9.17, 15) is 0 Å². The van der Waals surface area contributed by atoms with E-state index in [2.05, 4.69) is 36.3 Å². The molecular formula is C14H23N3O. The maximum atomic E-state index is 8.90. The summed E-state index contributed by atoms with van der Waals surface area (Å²) in [6.45, 7) is 6.88. The van der Waals surface area contributed by atoms with Gasteiger partial charge in [0.05, 0.1) is 0 Å². The zero-order valence-electron chi connectivity index (χ0n) is 11.4. The van der Waals surface area contributed by atoms with Crippen LogP contribution in [0.5, 0.6) is 0 Å². The minimum absolute atomic E-state index is 0.125. The van der Waals surface area contributed by atoms with Gasteiger partial charge in [-0.3, -0.25) is 4.99 Å². The lowest BCUT2D eigenvalue weighted by molar-refractivity contribution is 0.242. The van der Waals surface area contributed by atoms with Crippen LogP contribution < -0.4 is 11.1 Å². The minimum atomic E-state index is 0.125. The first-order valence-electron chi connectivity index (χ1n) is 6.30. The van der Waals surface area contributed by atoms with Crippen LogP contribution in [0.4, 0.5) is 5.69 Å². The molecule has 1 aromatic carbocycles. The summed E-state index contributed by atoms with van der Waals surface area (Å²) in [5.74, 6) is 1.00. The standard InChI is InChI=1S/C14H23N3O/c1-10(2)12-5-4-6-13(7-12)17-14(15)16-8-11(3)9-18/h4-7,10-11,18H,8-9H2,1-3H3,(H3,15,16,17). The second kappa shape index (κ2) is 7.01. The number of nitrogens with one attached hydrogen (secondary N) is 1. The lowest BCUT2D eigenvalue weighted by Crippen LogP contribution is -2.24. The molecule has 0 aromatic heterocycles. The Kier molecular flexibility index (Phi) is 5.65. The van der Waals surface area contributed by atoms with Gasteiger partial charge in [-0.1, -0.05) is 32.9 Å². The van der Waals surface area contributed by atoms with Crippen molar-refractivity contribution in [2.75, 3.05) is 18.5 Å². The summed E-state index contributed by atoms with van der Waals surface area (Å²) in [6, 6.07) is 8.13. The molecular weight excluding hydrogens is 226 g/mol. The number of aliphatic hydroxyl groups excluding tert-OH is 1. The number of benzene rings is 1. The van der Waals surface area contributed by atoms with E-state index < -0.39 is 0 Å². The second-order valence-corrected chi connectivity index (χ2v) is 4.92. The number of hydrogen-bond acceptors (Lipinski definition) is 2. The summed E-state index contributed by atoms with van der Waals surface area (Å²) in [5.41, 5.74) is 8.00. The van der Waals surface area contributed by atoms with Crippen LogP contribution in [0.15, 0.2) is 29.3 Å². The van der Waals surface area contributed by atoms with E-state index in [0.29, 0.717) is 18.4 Å². The van der Waals surface area contributed by atoms with Crippen molar-refractivity contribution < 1.29 is 5.11 Å². The molecule has 4 N–H and O–H groups in total. The van der Waals surface area contributed by atoms with Crippen molar-refractivity contribution in [1.82, 2.24) is 0 Å². The first kappa shape index (κ1) is 14.5. The Labute approximate surface area is 109 Å². The van der Waals surface area contributed by atoms with E-state index in [1.54, 1.807) is 0 Å². The Morgan fingerprint density at radius 2 is 2.11 bits per heavy atom. The van der Waals surface area contributed by atoms with Crippen LogP contribution in [-0.2, 0) is 0 Å². The quantitative estimate of drug-likeness (QED) is 0.553. The van der Waals surface area contributed by atoms with E-state index in [0.717, 1.165) is 5.69 Å². The summed E-state index contributed by atoms with van der Waals surface area (Å²) < 4.78 is 0. The molecule has 1 unspecified atom stereocenters. The number of nitrogens with zero attached hydrogens (tertiary/aromatic N) is 1. The summed E-state index contributed by atoms with van der Waals surface area (Å²) in [6.07, 6.45) is 0. The van der Waals surface area contributed by atoms with Gasteiger partial charge in [0.25, 0.3) is 0 Å². The molecule has 0 bridgehead atoms. The van der Waals surface area contributed by atoms with Gasteiger partial charge in [0, 0.05) is 18.8 Å². The minimum Gasteiger partial charge on any atom is -0.396 e. The van der Waals surface area contributed by atoms with Gasteiger partial charge in [0.15, 0.2) is 5.96 Å². The summed E-state index contributed by atoms with van der Waals surface area (Å²) in [4.78, 5) is 4.19. The Hall–Kier alpha value is -1.55. The average Bonchev–Trinajstić information content (AvgIpc) is 2.36. The van der Waals surface area contributed by atoms with Crippen LogP contribution in [0.2, 0.25) is 0 Å². The van der Waals surface area contributed by atoms with Crippen molar-refractivity contribution in [3.63, 3.8) is 0 Å². The largest absolute Gasteiger partial charge is 0.396 e. The van der Waals surface area contributed by atoms with Crippen LogP contribution in [-0.4, -0.2) is 24.2 Å². The van der Waals surface area contributed by atoms with E-state index in [4.69, 9.17) is 10.8 Å². The van der Waals surface area contributed by atoms with Gasteiger partial charge in [-0.25, -0.2) is 0 Å². The predicted octanol–water partition coefficient (Wildman–Crippen LogP) is 2.17. The van der Waals surface area contributed by atoms with E-state index in [1.165, 1.54) is 5.56 Å². The third-order valence-electron chi connectivity index (χ3n) is 2.71. The molecule has 0 radical (unpaired) electrons. The maximum absolute atomic E-state index is 8.90. The first-order chi connectivity index (χ1) is 8.52. The zero-order valence-corrected chi connectivity index (χ0v) is 11.4. The van der Waals surface area contributed by atoms with Crippen molar-refractivity contribution >= 4 is 11.6 Å². The Morgan fingerprint density at radius 1 is 1.39 bits per heavy atom. The molecule has 1 aromatic rings. The fourth-order valence-corrected chi connectivity index (χ4v) is 1.47. The number of guanidine groups is 1. The summed E-state index contributed by atoms with van der Waals surface area (Å²) in [7, 11) is 0. The Morgan fingerprint density at radius 3 is 2.72 bits per heavy atom. The lowest BCUT2D eigenvalue weighted by Gasteiger charge is -2.10. The van der Waals surface area contributed by atoms with Crippen LogP contribution in [0.3, 0.4) is 0 Å². The van der Waals surface area contributed by atoms with Crippen LogP contribution in [0, 0.1) is 5.92 Å². The highest BCUT2D eigenvalue weighted by Gasteiger charge is 2.02. The van der Waals surface area contributed by atoms with Gasteiger partial charge < -0.3 is 16.2 Å². The molecule has 0 amide bonds. The smallest absolute Gasteiger partial charge is 0.193 e. The number of nitrogens with two attached hydrogens (primary N) is 1. The van der Waals surface area contributed by atoms with E-state index in [1.807, 2.05) is 19.1 Å². The number of aliphatic hydroxyl groups is 1. The van der Waals surface area contributed by atoms with Crippen molar-refractivity contribution in [2.24, 2.45) is 16.6 Å². The van der Waals surface area contributed by atoms with Crippen molar-refractivity contribution in [2.45, 2.75) is 26.7 Å². The average molecular weight is 249 g/mol. The van der Waals surface area contributed by atoms with Gasteiger partial charge in [-0.05, 0) is 29.5 Å². The molecule has 0 fully saturated rings. The third kappa shape index (κ3) is 4.75. The molecule has 4 heteroatoms. The second-order valence-electron chi connectivity index (χ2n) is 4.92. The van der Waals surface area contributed by atoms with E-state index in [-0.39, 0.29) is 12.5 Å². The molecule has 18 heavy (non-hydrogen) atoms. The SMILES string of the molecule is CC(CO)CN=C(N)Nc1cccc(C(C)C)c1. The highest BCUT2D eigenvalue weighted by atomic mass is 16.3. The summed E-state index contributed by atoms with van der Waals surface area (Å²) >= 11 is 0. The molecule has 0 aliphatic rings. The molecule has 0 aliphatic heterocycles. The lowest BCUT2D eigenvalue weighted by atomic mass is 10.0. The summed E-state index contributed by atoms with van der Waals surface area (Å²) in [5, 5.41) is 12.0. The predicted molar refractivity (Wildman–Crippen MR) is 76.9 cm³/mol. The monoisotopic (exact) mass is 249 g/mol. The number of aliphatic imine (C=N–C) groups is 1. The number of hydrogen-bond donors (Lipinski definition) is 3. The van der Waals surface area contributed by atoms with Crippen molar-refractivity contribution in [3.05, 3.63) is 29.8 Å². The number of rotatable bonds is 5. The normalized spacial score (nSPS) is 13.7. The van der Waals surface area contributed by atoms with Crippen LogP contribution >= 0.6 is 0 Å². The fraction of sp³-hybridized carbons (Fsp3) is 0.500. The molecule has 1 rings (SSSR count).